The summed E-state index contributed by atoms with van der Waals surface area (Å²) in [5.74, 6) is 2.45. The van der Waals surface area contributed by atoms with E-state index in [4.69, 9.17) is 14.2 Å². The normalized spacial score (nSPS) is 26.6. The highest BCUT2D eigenvalue weighted by atomic mass is 19.1. The van der Waals surface area contributed by atoms with Crippen molar-refractivity contribution in [3.05, 3.63) is 53.8 Å². The molecule has 1 saturated heterocycles. The van der Waals surface area contributed by atoms with Gasteiger partial charge in [0.1, 0.15) is 17.7 Å². The number of hydrogen-bond donors (Lipinski definition) is 1. The third kappa shape index (κ3) is 4.32. The number of aliphatic hydroxyl groups is 1. The molecule has 0 bridgehead atoms. The number of halogens is 1. The van der Waals surface area contributed by atoms with Crippen molar-refractivity contribution in [2.75, 3.05) is 19.9 Å². The molecule has 31 heavy (non-hydrogen) atoms. The molecule has 2 aromatic rings. The van der Waals surface area contributed by atoms with E-state index in [1.807, 2.05) is 23.1 Å². The van der Waals surface area contributed by atoms with Gasteiger partial charge in [0.15, 0.2) is 11.5 Å². The fourth-order valence-corrected chi connectivity index (χ4v) is 4.91. The Balaban J connectivity index is 1.15. The van der Waals surface area contributed by atoms with Crippen LogP contribution in [-0.2, 0) is 11.2 Å². The first-order valence-electron chi connectivity index (χ1n) is 10.8. The van der Waals surface area contributed by atoms with E-state index >= 15 is 0 Å². The largest absolute Gasteiger partial charge is 0.488 e. The summed E-state index contributed by atoms with van der Waals surface area (Å²) in [5, 5.41) is 10.6. The van der Waals surface area contributed by atoms with Gasteiger partial charge >= 0.3 is 0 Å². The number of fused-ring (bicyclic) bond motifs is 2. The molecule has 7 heteroatoms. The Bertz CT molecular complexity index is 949. The summed E-state index contributed by atoms with van der Waals surface area (Å²) in [5.41, 5.74) is 1.05. The molecule has 5 rings (SSSR count). The summed E-state index contributed by atoms with van der Waals surface area (Å²) in [6, 6.07) is 11.6. The molecule has 0 radical (unpaired) electrons. The molecule has 2 fully saturated rings. The highest BCUT2D eigenvalue weighted by Crippen LogP contribution is 2.38. The number of likely N-dealkylation sites (tertiary alicyclic amines) is 1. The van der Waals surface area contributed by atoms with Crippen molar-refractivity contribution >= 4 is 5.91 Å². The van der Waals surface area contributed by atoms with Crippen molar-refractivity contribution in [2.45, 2.75) is 37.9 Å². The van der Waals surface area contributed by atoms with Gasteiger partial charge in [0.2, 0.25) is 12.7 Å². The highest BCUT2D eigenvalue weighted by Gasteiger charge is 2.43. The molecule has 2 heterocycles. The van der Waals surface area contributed by atoms with Crippen LogP contribution in [0.3, 0.4) is 0 Å². The first-order valence-corrected chi connectivity index (χ1v) is 10.8. The minimum Gasteiger partial charge on any atom is -0.488 e. The molecule has 3 aliphatic rings. The van der Waals surface area contributed by atoms with Crippen LogP contribution in [0.1, 0.15) is 24.8 Å². The topological polar surface area (TPSA) is 68.2 Å². The highest BCUT2D eigenvalue weighted by molar-refractivity contribution is 5.76. The second kappa shape index (κ2) is 8.38. The van der Waals surface area contributed by atoms with Crippen molar-refractivity contribution < 1.29 is 28.5 Å². The molecule has 1 saturated carbocycles. The Hall–Kier alpha value is -2.80. The SMILES string of the molecule is O=C(CCc1ccc2c(c1)OCO2)N1C[C@H]2C[C@@H](Oc3ccc(F)cc3)[C@H](O)C[C@H]2C1. The van der Waals surface area contributed by atoms with Crippen molar-refractivity contribution in [1.82, 2.24) is 4.90 Å². The quantitative estimate of drug-likeness (QED) is 0.794. The molecule has 0 spiro atoms. The van der Waals surface area contributed by atoms with Crippen molar-refractivity contribution in [1.29, 1.82) is 0 Å². The lowest BCUT2D eigenvalue weighted by atomic mass is 9.78. The van der Waals surface area contributed by atoms with Crippen LogP contribution >= 0.6 is 0 Å². The van der Waals surface area contributed by atoms with Crippen LogP contribution in [0.4, 0.5) is 4.39 Å². The van der Waals surface area contributed by atoms with E-state index in [0.29, 0.717) is 50.4 Å². The number of amides is 1. The number of aryl methyl sites for hydroxylation is 1. The predicted molar refractivity (Wildman–Crippen MR) is 111 cm³/mol. The van der Waals surface area contributed by atoms with Gasteiger partial charge < -0.3 is 24.2 Å². The van der Waals surface area contributed by atoms with Crippen LogP contribution in [0, 0.1) is 17.7 Å². The minimum atomic E-state index is -0.588. The van der Waals surface area contributed by atoms with E-state index in [1.165, 1.54) is 12.1 Å². The number of hydrogen-bond acceptors (Lipinski definition) is 5. The fraction of sp³-hybridized carbons (Fsp3) is 0.458. The van der Waals surface area contributed by atoms with Crippen molar-refractivity contribution in [3.8, 4) is 17.2 Å². The van der Waals surface area contributed by atoms with E-state index in [9.17, 15) is 14.3 Å². The average Bonchev–Trinajstić information content (AvgIpc) is 3.40. The number of carbonyl (C=O) groups excluding carboxylic acids is 1. The van der Waals surface area contributed by atoms with Crippen LogP contribution < -0.4 is 14.2 Å². The second-order valence-electron chi connectivity index (χ2n) is 8.66. The van der Waals surface area contributed by atoms with Crippen LogP contribution in [0.2, 0.25) is 0 Å². The van der Waals surface area contributed by atoms with Gasteiger partial charge in [0, 0.05) is 19.5 Å². The number of rotatable bonds is 5. The van der Waals surface area contributed by atoms with Gasteiger partial charge in [-0.05, 0) is 73.1 Å². The maximum atomic E-state index is 13.1. The number of ether oxygens (including phenoxy) is 3. The van der Waals surface area contributed by atoms with E-state index in [2.05, 4.69) is 0 Å². The van der Waals surface area contributed by atoms with Gasteiger partial charge in [-0.25, -0.2) is 4.39 Å². The van der Waals surface area contributed by atoms with Crippen LogP contribution in [0.15, 0.2) is 42.5 Å². The second-order valence-corrected chi connectivity index (χ2v) is 8.66. The minimum absolute atomic E-state index is 0.137. The summed E-state index contributed by atoms with van der Waals surface area (Å²) in [6.07, 6.45) is 1.47. The first-order chi connectivity index (χ1) is 15.0. The summed E-state index contributed by atoms with van der Waals surface area (Å²) in [4.78, 5) is 14.7. The van der Waals surface area contributed by atoms with Crippen LogP contribution in [-0.4, -0.2) is 48.0 Å². The van der Waals surface area contributed by atoms with E-state index in [0.717, 1.165) is 17.1 Å². The monoisotopic (exact) mass is 427 g/mol. The molecule has 1 amide bonds. The third-order valence-electron chi connectivity index (χ3n) is 6.60. The summed E-state index contributed by atoms with van der Waals surface area (Å²) in [7, 11) is 0. The molecule has 0 unspecified atom stereocenters. The predicted octanol–water partition coefficient (Wildman–Crippen LogP) is 3.16. The Kier molecular flexibility index (Phi) is 5.44. The molecule has 164 valence electrons. The zero-order valence-corrected chi connectivity index (χ0v) is 17.2. The fourth-order valence-electron chi connectivity index (χ4n) is 4.91. The summed E-state index contributed by atoms with van der Waals surface area (Å²) >= 11 is 0. The maximum absolute atomic E-state index is 13.1. The van der Waals surface area contributed by atoms with Gasteiger partial charge in [-0.15, -0.1) is 0 Å². The Labute approximate surface area is 180 Å². The van der Waals surface area contributed by atoms with Crippen molar-refractivity contribution in [2.24, 2.45) is 11.8 Å². The number of aliphatic hydroxyl groups excluding tert-OH is 1. The lowest BCUT2D eigenvalue weighted by Gasteiger charge is -2.35. The zero-order chi connectivity index (χ0) is 21.4. The number of nitrogens with zero attached hydrogens (tertiary/aromatic N) is 1. The molecule has 4 atom stereocenters. The maximum Gasteiger partial charge on any atom is 0.231 e. The van der Waals surface area contributed by atoms with E-state index in [-0.39, 0.29) is 30.5 Å². The summed E-state index contributed by atoms with van der Waals surface area (Å²) < 4.78 is 29.8. The van der Waals surface area contributed by atoms with Crippen LogP contribution in [0.5, 0.6) is 17.2 Å². The first kappa shape index (κ1) is 20.1. The van der Waals surface area contributed by atoms with Gasteiger partial charge in [-0.1, -0.05) is 6.07 Å². The molecule has 2 aliphatic heterocycles. The van der Waals surface area contributed by atoms with Gasteiger partial charge in [-0.3, -0.25) is 4.79 Å². The van der Waals surface area contributed by atoms with Gasteiger partial charge in [0.05, 0.1) is 6.10 Å². The molecular weight excluding hydrogens is 401 g/mol. The third-order valence-corrected chi connectivity index (χ3v) is 6.60. The van der Waals surface area contributed by atoms with Crippen LogP contribution in [0.25, 0.3) is 0 Å². The molecular formula is C24H26FNO5. The molecule has 1 aliphatic carbocycles. The van der Waals surface area contributed by atoms with Crippen molar-refractivity contribution in [3.63, 3.8) is 0 Å². The Morgan fingerprint density at radius 2 is 1.81 bits per heavy atom. The standard InChI is InChI=1S/C24H26FNO5/c25-18-3-5-19(6-4-18)31-22-11-17-13-26(12-16(17)10-20(22)27)24(28)8-2-15-1-7-21-23(9-15)30-14-29-21/h1,3-7,9,16-17,20,22,27H,2,8,10-14H2/t16-,17+,20+,22+/m0/s1. The van der Waals surface area contributed by atoms with E-state index < -0.39 is 6.10 Å². The van der Waals surface area contributed by atoms with Gasteiger partial charge in [-0.2, -0.15) is 0 Å². The lowest BCUT2D eigenvalue weighted by Crippen LogP contribution is -2.42. The molecule has 1 N–H and O–H groups in total. The smallest absolute Gasteiger partial charge is 0.231 e. The number of carbonyl (C=O) groups is 1. The Morgan fingerprint density at radius 1 is 1.06 bits per heavy atom. The lowest BCUT2D eigenvalue weighted by molar-refractivity contribution is -0.130. The van der Waals surface area contributed by atoms with E-state index in [1.54, 1.807) is 12.1 Å². The summed E-state index contributed by atoms with van der Waals surface area (Å²) in [6.45, 7) is 1.62. The Morgan fingerprint density at radius 3 is 2.61 bits per heavy atom. The molecule has 0 aromatic heterocycles. The number of benzene rings is 2. The molecule has 2 aromatic carbocycles. The van der Waals surface area contributed by atoms with Gasteiger partial charge in [0.25, 0.3) is 0 Å². The average molecular weight is 427 g/mol. The molecule has 6 nitrogen and oxygen atoms in total. The zero-order valence-electron chi connectivity index (χ0n) is 17.2.